The van der Waals surface area contributed by atoms with E-state index < -0.39 is 11.9 Å². The maximum absolute atomic E-state index is 11.2. The Morgan fingerprint density at radius 2 is 2.05 bits per heavy atom. The Morgan fingerprint density at radius 3 is 2.55 bits per heavy atom. The van der Waals surface area contributed by atoms with E-state index in [1.807, 2.05) is 18.2 Å². The average molecular weight is 342 g/mol. The second-order valence-electron chi connectivity index (χ2n) is 5.13. The first-order valence-corrected chi connectivity index (χ1v) is 7.48. The normalized spacial score (nSPS) is 18.1. The van der Waals surface area contributed by atoms with Crippen molar-refractivity contribution < 1.29 is 9.90 Å². The zero-order valence-corrected chi connectivity index (χ0v) is 13.1. The summed E-state index contributed by atoms with van der Waals surface area (Å²) >= 11 is 3.56. The first kappa shape index (κ1) is 15.3. The van der Waals surface area contributed by atoms with Crippen LogP contribution in [0.4, 0.5) is 5.69 Å². The molecule has 0 bridgehead atoms. The number of piperazine rings is 1. The van der Waals surface area contributed by atoms with Crippen molar-refractivity contribution in [3.63, 3.8) is 0 Å². The van der Waals surface area contributed by atoms with Crippen molar-refractivity contribution in [3.05, 3.63) is 28.2 Å². The first-order valence-electron chi connectivity index (χ1n) is 6.68. The third-order valence-corrected chi connectivity index (χ3v) is 4.39. The number of nitrogens with zero attached hydrogens (tertiary/aromatic N) is 2. The first-order chi connectivity index (χ1) is 9.52. The van der Waals surface area contributed by atoms with Gasteiger partial charge in [0.05, 0.1) is 11.6 Å². The third kappa shape index (κ3) is 3.31. The molecule has 20 heavy (non-hydrogen) atoms. The lowest BCUT2D eigenvalue weighted by molar-refractivity contribution is -0.138. The van der Waals surface area contributed by atoms with Crippen LogP contribution in [0.15, 0.2) is 22.7 Å². The van der Waals surface area contributed by atoms with Crippen LogP contribution in [-0.2, 0) is 4.79 Å². The molecule has 1 aliphatic rings. The SMILES string of the molecule is CN1CCN(c2ccc(C(CN)C(=O)O)cc2Br)CC1. The predicted molar refractivity (Wildman–Crippen MR) is 83.3 cm³/mol. The fourth-order valence-electron chi connectivity index (χ4n) is 2.42. The number of aliphatic carboxylic acids is 1. The zero-order valence-electron chi connectivity index (χ0n) is 11.6. The van der Waals surface area contributed by atoms with E-state index in [-0.39, 0.29) is 6.54 Å². The lowest BCUT2D eigenvalue weighted by Gasteiger charge is -2.34. The van der Waals surface area contributed by atoms with Crippen molar-refractivity contribution in [2.75, 3.05) is 44.7 Å². The molecule has 0 spiro atoms. The van der Waals surface area contributed by atoms with E-state index in [0.717, 1.165) is 41.9 Å². The highest BCUT2D eigenvalue weighted by molar-refractivity contribution is 9.10. The minimum Gasteiger partial charge on any atom is -0.481 e. The van der Waals surface area contributed by atoms with Gasteiger partial charge in [-0.25, -0.2) is 0 Å². The fraction of sp³-hybridized carbons (Fsp3) is 0.500. The maximum atomic E-state index is 11.2. The smallest absolute Gasteiger partial charge is 0.312 e. The Balaban J connectivity index is 2.19. The van der Waals surface area contributed by atoms with Crippen molar-refractivity contribution in [1.82, 2.24) is 4.90 Å². The highest BCUT2D eigenvalue weighted by Gasteiger charge is 2.21. The Hall–Kier alpha value is -1.11. The quantitative estimate of drug-likeness (QED) is 0.864. The molecule has 1 aromatic carbocycles. The van der Waals surface area contributed by atoms with Gasteiger partial charge >= 0.3 is 5.97 Å². The van der Waals surface area contributed by atoms with Crippen molar-refractivity contribution in [2.45, 2.75) is 5.92 Å². The van der Waals surface area contributed by atoms with Gasteiger partial charge in [0.1, 0.15) is 0 Å². The van der Waals surface area contributed by atoms with Crippen LogP contribution < -0.4 is 10.6 Å². The largest absolute Gasteiger partial charge is 0.481 e. The lowest BCUT2D eigenvalue weighted by atomic mass is 9.99. The predicted octanol–water partition coefficient (Wildman–Crippen LogP) is 1.33. The monoisotopic (exact) mass is 341 g/mol. The molecule has 0 saturated carbocycles. The molecular weight excluding hydrogens is 322 g/mol. The third-order valence-electron chi connectivity index (χ3n) is 3.75. The molecule has 0 aromatic heterocycles. The highest BCUT2D eigenvalue weighted by atomic mass is 79.9. The number of benzene rings is 1. The topological polar surface area (TPSA) is 69.8 Å². The second-order valence-corrected chi connectivity index (χ2v) is 5.98. The van der Waals surface area contributed by atoms with Crippen LogP contribution in [-0.4, -0.2) is 55.7 Å². The molecule has 0 aliphatic carbocycles. The number of carboxylic acids is 1. The number of carboxylic acid groups (broad SMARTS) is 1. The molecule has 5 nitrogen and oxygen atoms in total. The van der Waals surface area contributed by atoms with Gasteiger partial charge in [0, 0.05) is 37.2 Å². The van der Waals surface area contributed by atoms with E-state index >= 15 is 0 Å². The summed E-state index contributed by atoms with van der Waals surface area (Å²) in [5.41, 5.74) is 7.39. The van der Waals surface area contributed by atoms with E-state index in [2.05, 4.69) is 32.8 Å². The molecule has 1 aromatic rings. The number of likely N-dealkylation sites (N-methyl/N-ethyl adjacent to an activating group) is 1. The van der Waals surface area contributed by atoms with Gasteiger partial charge < -0.3 is 20.6 Å². The molecule has 0 amide bonds. The van der Waals surface area contributed by atoms with Crippen molar-refractivity contribution in [2.24, 2.45) is 5.73 Å². The van der Waals surface area contributed by atoms with Gasteiger partial charge in [-0.3, -0.25) is 4.79 Å². The second kappa shape index (κ2) is 6.56. The van der Waals surface area contributed by atoms with Gasteiger partial charge in [0.15, 0.2) is 0 Å². The summed E-state index contributed by atoms with van der Waals surface area (Å²) in [6.07, 6.45) is 0. The number of hydrogen-bond acceptors (Lipinski definition) is 4. The molecular formula is C14H20BrN3O2. The summed E-state index contributed by atoms with van der Waals surface area (Å²) in [5, 5.41) is 9.15. The van der Waals surface area contributed by atoms with E-state index in [1.54, 1.807) is 0 Å². The van der Waals surface area contributed by atoms with Crippen LogP contribution in [0.25, 0.3) is 0 Å². The van der Waals surface area contributed by atoms with Gasteiger partial charge in [0.2, 0.25) is 0 Å². The fourth-order valence-corrected chi connectivity index (χ4v) is 3.07. The molecule has 0 radical (unpaired) electrons. The molecule has 1 saturated heterocycles. The Morgan fingerprint density at radius 1 is 1.40 bits per heavy atom. The molecule has 3 N–H and O–H groups in total. The van der Waals surface area contributed by atoms with Crippen LogP contribution in [0.5, 0.6) is 0 Å². The van der Waals surface area contributed by atoms with Gasteiger partial charge in [-0.2, -0.15) is 0 Å². The Bertz CT molecular complexity index is 487. The van der Waals surface area contributed by atoms with Gasteiger partial charge in [-0.05, 0) is 40.7 Å². The molecule has 1 fully saturated rings. The van der Waals surface area contributed by atoms with E-state index in [4.69, 9.17) is 10.8 Å². The molecule has 6 heteroatoms. The van der Waals surface area contributed by atoms with Gasteiger partial charge in [-0.1, -0.05) is 6.07 Å². The number of nitrogens with two attached hydrogens (primary N) is 1. The Kier molecular flexibility index (Phi) is 5.01. The van der Waals surface area contributed by atoms with Gasteiger partial charge in [0.25, 0.3) is 0 Å². The number of rotatable bonds is 4. The summed E-state index contributed by atoms with van der Waals surface area (Å²) in [6, 6.07) is 5.72. The summed E-state index contributed by atoms with van der Waals surface area (Å²) in [7, 11) is 2.12. The van der Waals surface area contributed by atoms with E-state index in [0.29, 0.717) is 0 Å². The van der Waals surface area contributed by atoms with Crippen molar-refractivity contribution in [3.8, 4) is 0 Å². The average Bonchev–Trinajstić information content (AvgIpc) is 2.41. The van der Waals surface area contributed by atoms with Crippen molar-refractivity contribution in [1.29, 1.82) is 0 Å². The standard InChI is InChI=1S/C14H20BrN3O2/c1-17-4-6-18(7-5-17)13-3-2-10(8-12(13)15)11(9-16)14(19)20/h2-3,8,11H,4-7,9,16H2,1H3,(H,19,20). The summed E-state index contributed by atoms with van der Waals surface area (Å²) < 4.78 is 0.930. The summed E-state index contributed by atoms with van der Waals surface area (Å²) in [6.45, 7) is 4.14. The molecule has 2 rings (SSSR count). The van der Waals surface area contributed by atoms with Crippen LogP contribution in [0.3, 0.4) is 0 Å². The zero-order chi connectivity index (χ0) is 14.7. The number of anilines is 1. The molecule has 110 valence electrons. The molecule has 1 atom stereocenters. The highest BCUT2D eigenvalue weighted by Crippen LogP contribution is 2.30. The Labute approximate surface area is 127 Å². The maximum Gasteiger partial charge on any atom is 0.312 e. The number of carbonyl (C=O) groups is 1. The van der Waals surface area contributed by atoms with Crippen LogP contribution in [0, 0.1) is 0 Å². The van der Waals surface area contributed by atoms with Crippen LogP contribution in [0.1, 0.15) is 11.5 Å². The summed E-state index contributed by atoms with van der Waals surface area (Å²) in [5.74, 6) is -1.53. The number of halogens is 1. The van der Waals surface area contributed by atoms with E-state index in [1.165, 1.54) is 0 Å². The van der Waals surface area contributed by atoms with Crippen LogP contribution >= 0.6 is 15.9 Å². The summed E-state index contributed by atoms with van der Waals surface area (Å²) in [4.78, 5) is 15.8. The lowest BCUT2D eigenvalue weighted by Crippen LogP contribution is -2.44. The number of hydrogen-bond donors (Lipinski definition) is 2. The minimum atomic E-state index is -0.883. The van der Waals surface area contributed by atoms with Crippen LogP contribution in [0.2, 0.25) is 0 Å². The van der Waals surface area contributed by atoms with Gasteiger partial charge in [-0.15, -0.1) is 0 Å². The molecule has 1 unspecified atom stereocenters. The van der Waals surface area contributed by atoms with Crippen molar-refractivity contribution >= 4 is 27.6 Å². The minimum absolute atomic E-state index is 0.107. The molecule has 1 heterocycles. The molecule has 1 aliphatic heterocycles. The van der Waals surface area contributed by atoms with E-state index in [9.17, 15) is 4.79 Å².